The first-order chi connectivity index (χ1) is 6.61. The summed E-state index contributed by atoms with van der Waals surface area (Å²) in [6.45, 7) is 4.22. The minimum Gasteiger partial charge on any atom is -0.315 e. The highest BCUT2D eigenvalue weighted by Crippen LogP contribution is 2.18. The van der Waals surface area contributed by atoms with Gasteiger partial charge in [-0.05, 0) is 41.4 Å². The van der Waals surface area contributed by atoms with Crippen LogP contribution in [0.4, 0.5) is 0 Å². The Balaban J connectivity index is 4.51. The molecule has 0 heterocycles. The van der Waals surface area contributed by atoms with E-state index in [2.05, 4.69) is 24.1 Å². The number of hydrogen-bond donors (Lipinski definition) is 1. The summed E-state index contributed by atoms with van der Waals surface area (Å²) in [5.41, 5.74) is -0.0561. The van der Waals surface area contributed by atoms with Crippen molar-refractivity contribution in [2.24, 2.45) is 0 Å². The summed E-state index contributed by atoms with van der Waals surface area (Å²) in [6.07, 6.45) is 1.92. The van der Waals surface area contributed by atoms with Gasteiger partial charge in [0.15, 0.2) is 0 Å². The summed E-state index contributed by atoms with van der Waals surface area (Å²) < 4.78 is 22.2. The van der Waals surface area contributed by atoms with Crippen molar-refractivity contribution in [3.05, 3.63) is 0 Å². The molecule has 1 atom stereocenters. The lowest BCUT2D eigenvalue weighted by atomic mass is 9.91. The lowest BCUT2D eigenvalue weighted by Crippen LogP contribution is -2.54. The number of sulfone groups is 1. The molecule has 0 aliphatic carbocycles. The van der Waals surface area contributed by atoms with Crippen molar-refractivity contribution in [3.8, 4) is 0 Å². The molecule has 0 aromatic carbocycles. The van der Waals surface area contributed by atoms with Gasteiger partial charge >= 0.3 is 0 Å². The zero-order valence-corrected chi connectivity index (χ0v) is 11.5. The highest BCUT2D eigenvalue weighted by molar-refractivity contribution is 7.90. The second-order valence-electron chi connectivity index (χ2n) is 4.81. The zero-order chi connectivity index (χ0) is 12.3. The van der Waals surface area contributed by atoms with Crippen molar-refractivity contribution in [3.63, 3.8) is 0 Å². The lowest BCUT2D eigenvalue weighted by molar-refractivity contribution is 0.140. The molecule has 0 radical (unpaired) electrons. The third-order valence-corrected chi connectivity index (χ3v) is 4.11. The molecule has 0 spiro atoms. The normalized spacial score (nSPS) is 15.7. The molecule has 15 heavy (non-hydrogen) atoms. The maximum absolute atomic E-state index is 11.1. The van der Waals surface area contributed by atoms with E-state index in [1.807, 2.05) is 21.1 Å². The van der Waals surface area contributed by atoms with Crippen LogP contribution >= 0.6 is 0 Å². The Morgan fingerprint density at radius 3 is 2.07 bits per heavy atom. The van der Waals surface area contributed by atoms with Crippen LogP contribution in [0.5, 0.6) is 0 Å². The number of nitrogens with one attached hydrogen (secondary N) is 1. The Morgan fingerprint density at radius 2 is 1.80 bits per heavy atom. The van der Waals surface area contributed by atoms with Gasteiger partial charge in [0.25, 0.3) is 0 Å². The molecule has 0 aliphatic rings. The maximum atomic E-state index is 11.1. The summed E-state index contributed by atoms with van der Waals surface area (Å²) in [6, 6.07) is 0.169. The third-order valence-electron chi connectivity index (χ3n) is 3.13. The van der Waals surface area contributed by atoms with E-state index < -0.39 is 9.84 Å². The fourth-order valence-electron chi connectivity index (χ4n) is 1.49. The topological polar surface area (TPSA) is 49.4 Å². The highest BCUT2D eigenvalue weighted by atomic mass is 32.2. The second kappa shape index (κ2) is 5.27. The smallest absolute Gasteiger partial charge is 0.147 e. The van der Waals surface area contributed by atoms with Gasteiger partial charge in [-0.2, -0.15) is 0 Å². The van der Waals surface area contributed by atoms with E-state index in [0.717, 1.165) is 0 Å². The van der Waals surface area contributed by atoms with Crippen molar-refractivity contribution < 1.29 is 8.42 Å². The van der Waals surface area contributed by atoms with Crippen LogP contribution in [0, 0.1) is 0 Å². The Morgan fingerprint density at radius 1 is 1.33 bits per heavy atom. The molecule has 0 saturated carbocycles. The number of hydrogen-bond acceptors (Lipinski definition) is 4. The molecule has 0 aromatic heterocycles. The van der Waals surface area contributed by atoms with E-state index in [4.69, 9.17) is 0 Å². The molecular formula is C10H24N2O2S. The molecule has 0 amide bonds. The first kappa shape index (κ1) is 14.9. The summed E-state index contributed by atoms with van der Waals surface area (Å²) in [5, 5.41) is 3.19. The maximum Gasteiger partial charge on any atom is 0.147 e. The second-order valence-corrected chi connectivity index (χ2v) is 7.07. The monoisotopic (exact) mass is 236 g/mol. The van der Waals surface area contributed by atoms with Crippen molar-refractivity contribution >= 4 is 9.84 Å². The SMILES string of the molecule is CNC(CCS(C)(=O)=O)C(C)(C)N(C)C. The Bertz CT molecular complexity index is 284. The van der Waals surface area contributed by atoms with Gasteiger partial charge in [-0.15, -0.1) is 0 Å². The fourth-order valence-corrected chi connectivity index (χ4v) is 2.16. The molecule has 0 bridgehead atoms. The zero-order valence-electron chi connectivity index (χ0n) is 10.7. The molecular weight excluding hydrogens is 212 g/mol. The van der Waals surface area contributed by atoms with Gasteiger partial charge in [0.05, 0.1) is 5.75 Å². The van der Waals surface area contributed by atoms with E-state index in [1.165, 1.54) is 6.26 Å². The summed E-state index contributed by atoms with van der Waals surface area (Å²) >= 11 is 0. The van der Waals surface area contributed by atoms with Gasteiger partial charge in [0.2, 0.25) is 0 Å². The molecule has 1 unspecified atom stereocenters. The summed E-state index contributed by atoms with van der Waals surface area (Å²) in [4.78, 5) is 2.11. The predicted octanol–water partition coefficient (Wildman–Crippen LogP) is 0.349. The van der Waals surface area contributed by atoms with Crippen LogP contribution in [-0.2, 0) is 9.84 Å². The van der Waals surface area contributed by atoms with Crippen LogP contribution in [0.25, 0.3) is 0 Å². The van der Waals surface area contributed by atoms with Crippen LogP contribution in [0.2, 0.25) is 0 Å². The van der Waals surface area contributed by atoms with Gasteiger partial charge in [-0.25, -0.2) is 8.42 Å². The molecule has 4 nitrogen and oxygen atoms in total. The highest BCUT2D eigenvalue weighted by Gasteiger charge is 2.30. The van der Waals surface area contributed by atoms with Gasteiger partial charge in [-0.3, -0.25) is 0 Å². The number of likely N-dealkylation sites (N-methyl/N-ethyl adjacent to an activating group) is 2. The van der Waals surface area contributed by atoms with Crippen LogP contribution in [0.1, 0.15) is 20.3 Å². The van der Waals surface area contributed by atoms with E-state index in [-0.39, 0.29) is 17.3 Å². The lowest BCUT2D eigenvalue weighted by Gasteiger charge is -2.40. The van der Waals surface area contributed by atoms with E-state index in [9.17, 15) is 8.42 Å². The van der Waals surface area contributed by atoms with Crippen molar-refractivity contribution in [1.82, 2.24) is 10.2 Å². The van der Waals surface area contributed by atoms with Gasteiger partial charge in [0.1, 0.15) is 9.84 Å². The van der Waals surface area contributed by atoms with Gasteiger partial charge < -0.3 is 10.2 Å². The molecule has 92 valence electrons. The third kappa shape index (κ3) is 4.95. The number of nitrogens with zero attached hydrogens (tertiary/aromatic N) is 1. The Hall–Kier alpha value is -0.130. The van der Waals surface area contributed by atoms with E-state index in [0.29, 0.717) is 6.42 Å². The fraction of sp³-hybridized carbons (Fsp3) is 1.00. The van der Waals surface area contributed by atoms with Crippen molar-refractivity contribution in [1.29, 1.82) is 0 Å². The summed E-state index contributed by atoms with van der Waals surface area (Å²) in [7, 11) is 3.01. The Labute approximate surface area is 94.0 Å². The first-order valence-corrected chi connectivity index (χ1v) is 7.19. The molecule has 0 saturated heterocycles. The van der Waals surface area contributed by atoms with E-state index in [1.54, 1.807) is 0 Å². The summed E-state index contributed by atoms with van der Waals surface area (Å²) in [5.74, 6) is 0.232. The largest absolute Gasteiger partial charge is 0.315 e. The standard InChI is InChI=1S/C10H24N2O2S/c1-10(2,12(4)5)9(11-3)7-8-15(6,13)14/h9,11H,7-8H2,1-6H3. The molecule has 0 rings (SSSR count). The van der Waals surface area contributed by atoms with Gasteiger partial charge in [-0.1, -0.05) is 0 Å². The minimum atomic E-state index is -2.87. The van der Waals surface area contributed by atoms with Crippen molar-refractivity contribution in [2.75, 3.05) is 33.2 Å². The predicted molar refractivity (Wildman–Crippen MR) is 64.9 cm³/mol. The van der Waals surface area contributed by atoms with E-state index >= 15 is 0 Å². The average molecular weight is 236 g/mol. The molecule has 0 aromatic rings. The van der Waals surface area contributed by atoms with Crippen molar-refractivity contribution in [2.45, 2.75) is 31.8 Å². The Kier molecular flexibility index (Phi) is 5.23. The number of rotatable bonds is 6. The molecule has 0 fully saturated rings. The van der Waals surface area contributed by atoms with Crippen LogP contribution < -0.4 is 5.32 Å². The van der Waals surface area contributed by atoms with Crippen LogP contribution in [0.3, 0.4) is 0 Å². The molecule has 1 N–H and O–H groups in total. The molecule has 0 aliphatic heterocycles. The quantitative estimate of drug-likeness (QED) is 0.723. The first-order valence-electron chi connectivity index (χ1n) is 5.13. The molecule has 5 heteroatoms. The van der Waals surface area contributed by atoms with Crippen LogP contribution in [0.15, 0.2) is 0 Å². The van der Waals surface area contributed by atoms with Crippen LogP contribution in [-0.4, -0.2) is 58.1 Å². The van der Waals surface area contributed by atoms with Gasteiger partial charge in [0, 0.05) is 17.8 Å². The minimum absolute atomic E-state index is 0.0561. The average Bonchev–Trinajstić information content (AvgIpc) is 2.02.